The van der Waals surface area contributed by atoms with Crippen molar-refractivity contribution in [1.29, 1.82) is 0 Å². The molecule has 0 aliphatic rings. The molecule has 1 rings (SSSR count). The summed E-state index contributed by atoms with van der Waals surface area (Å²) in [6, 6.07) is 5.68. The molecule has 20 heavy (non-hydrogen) atoms. The van der Waals surface area contributed by atoms with Gasteiger partial charge in [0.1, 0.15) is 0 Å². The molecule has 0 radical (unpaired) electrons. The summed E-state index contributed by atoms with van der Waals surface area (Å²) in [5.74, 6) is 1.49. The zero-order chi connectivity index (χ0) is 15.0. The van der Waals surface area contributed by atoms with Gasteiger partial charge in [-0.25, -0.2) is 0 Å². The SMILES string of the molecule is CCOc1cccc(CN)c1OCCCC(=O)N(C)C. The lowest BCUT2D eigenvalue weighted by Gasteiger charge is -2.15. The van der Waals surface area contributed by atoms with E-state index in [4.69, 9.17) is 15.2 Å². The van der Waals surface area contributed by atoms with E-state index in [1.54, 1.807) is 19.0 Å². The third kappa shape index (κ3) is 4.74. The number of nitrogens with two attached hydrogens (primary N) is 1. The molecule has 0 aliphatic heterocycles. The minimum absolute atomic E-state index is 0.103. The van der Waals surface area contributed by atoms with E-state index in [-0.39, 0.29) is 5.91 Å². The monoisotopic (exact) mass is 280 g/mol. The summed E-state index contributed by atoms with van der Waals surface area (Å²) in [5.41, 5.74) is 6.62. The molecule has 0 heterocycles. The zero-order valence-corrected chi connectivity index (χ0v) is 12.5. The molecule has 0 saturated carbocycles. The summed E-state index contributed by atoms with van der Waals surface area (Å²) in [6.45, 7) is 3.36. The largest absolute Gasteiger partial charge is 0.490 e. The summed E-state index contributed by atoms with van der Waals surface area (Å²) >= 11 is 0. The molecule has 1 amide bonds. The number of para-hydroxylation sites is 1. The number of nitrogens with zero attached hydrogens (tertiary/aromatic N) is 1. The highest BCUT2D eigenvalue weighted by Crippen LogP contribution is 2.31. The summed E-state index contributed by atoms with van der Waals surface area (Å²) in [6.07, 6.45) is 1.14. The van der Waals surface area contributed by atoms with Gasteiger partial charge in [-0.1, -0.05) is 12.1 Å². The van der Waals surface area contributed by atoms with Gasteiger partial charge in [0.25, 0.3) is 0 Å². The average molecular weight is 280 g/mol. The maximum Gasteiger partial charge on any atom is 0.222 e. The Morgan fingerprint density at radius 2 is 2.05 bits per heavy atom. The number of carbonyl (C=O) groups excluding carboxylic acids is 1. The van der Waals surface area contributed by atoms with Crippen molar-refractivity contribution in [2.24, 2.45) is 5.73 Å². The highest BCUT2D eigenvalue weighted by Gasteiger charge is 2.10. The molecule has 0 atom stereocenters. The summed E-state index contributed by atoms with van der Waals surface area (Å²) in [4.78, 5) is 13.1. The van der Waals surface area contributed by atoms with Crippen LogP contribution in [0.3, 0.4) is 0 Å². The number of ether oxygens (including phenoxy) is 2. The second-order valence-electron chi connectivity index (χ2n) is 4.62. The van der Waals surface area contributed by atoms with Crippen LogP contribution in [0.25, 0.3) is 0 Å². The fourth-order valence-corrected chi connectivity index (χ4v) is 1.78. The molecule has 0 fully saturated rings. The van der Waals surface area contributed by atoms with Crippen LogP contribution in [0.2, 0.25) is 0 Å². The Morgan fingerprint density at radius 3 is 2.65 bits per heavy atom. The quantitative estimate of drug-likeness (QED) is 0.737. The highest BCUT2D eigenvalue weighted by molar-refractivity contribution is 5.75. The zero-order valence-electron chi connectivity index (χ0n) is 12.5. The van der Waals surface area contributed by atoms with Crippen molar-refractivity contribution in [1.82, 2.24) is 4.90 Å². The van der Waals surface area contributed by atoms with Crippen LogP contribution < -0.4 is 15.2 Å². The van der Waals surface area contributed by atoms with Gasteiger partial charge in [-0.15, -0.1) is 0 Å². The number of benzene rings is 1. The second-order valence-corrected chi connectivity index (χ2v) is 4.62. The molecule has 5 nitrogen and oxygen atoms in total. The Kier molecular flexibility index (Phi) is 6.87. The Labute approximate surface area is 120 Å². The van der Waals surface area contributed by atoms with E-state index in [1.807, 2.05) is 25.1 Å². The Balaban J connectivity index is 2.59. The molecule has 0 aromatic heterocycles. The van der Waals surface area contributed by atoms with Gasteiger partial charge in [0, 0.05) is 32.6 Å². The molecule has 0 spiro atoms. The lowest BCUT2D eigenvalue weighted by atomic mass is 10.2. The Morgan fingerprint density at radius 1 is 1.30 bits per heavy atom. The van der Waals surface area contributed by atoms with Crippen molar-refractivity contribution in [2.75, 3.05) is 27.3 Å². The predicted molar refractivity (Wildman–Crippen MR) is 78.9 cm³/mol. The van der Waals surface area contributed by atoms with Crippen LogP contribution in [0, 0.1) is 0 Å². The topological polar surface area (TPSA) is 64.8 Å². The van der Waals surface area contributed by atoms with Gasteiger partial charge in [0.15, 0.2) is 11.5 Å². The molecule has 112 valence electrons. The van der Waals surface area contributed by atoms with Crippen molar-refractivity contribution < 1.29 is 14.3 Å². The number of hydrogen-bond acceptors (Lipinski definition) is 4. The van der Waals surface area contributed by atoms with Gasteiger partial charge in [-0.3, -0.25) is 4.79 Å². The van der Waals surface area contributed by atoms with Crippen molar-refractivity contribution in [2.45, 2.75) is 26.3 Å². The molecule has 5 heteroatoms. The first-order chi connectivity index (χ1) is 9.60. The van der Waals surface area contributed by atoms with E-state index in [0.717, 1.165) is 5.56 Å². The molecule has 1 aromatic carbocycles. The Bertz CT molecular complexity index is 433. The third-order valence-electron chi connectivity index (χ3n) is 2.86. The predicted octanol–water partition coefficient (Wildman–Crippen LogP) is 1.79. The van der Waals surface area contributed by atoms with Gasteiger partial charge in [0.2, 0.25) is 5.91 Å². The summed E-state index contributed by atoms with van der Waals surface area (Å²) in [7, 11) is 3.50. The lowest BCUT2D eigenvalue weighted by molar-refractivity contribution is -0.128. The van der Waals surface area contributed by atoms with Crippen LogP contribution in [0.1, 0.15) is 25.3 Å². The van der Waals surface area contributed by atoms with Crippen molar-refractivity contribution in [3.63, 3.8) is 0 Å². The molecule has 0 bridgehead atoms. The number of hydrogen-bond donors (Lipinski definition) is 1. The van der Waals surface area contributed by atoms with Crippen LogP contribution in [0.4, 0.5) is 0 Å². The van der Waals surface area contributed by atoms with Crippen LogP contribution in [0.15, 0.2) is 18.2 Å². The molecular formula is C15H24N2O3. The fourth-order valence-electron chi connectivity index (χ4n) is 1.78. The Hall–Kier alpha value is -1.75. The first-order valence-electron chi connectivity index (χ1n) is 6.87. The number of amides is 1. The van der Waals surface area contributed by atoms with Crippen LogP contribution in [0.5, 0.6) is 11.5 Å². The maximum absolute atomic E-state index is 11.5. The number of rotatable bonds is 8. The van der Waals surface area contributed by atoms with E-state index in [2.05, 4.69) is 0 Å². The fraction of sp³-hybridized carbons (Fsp3) is 0.533. The first kappa shape index (κ1) is 16.3. The molecule has 0 aliphatic carbocycles. The van der Waals surface area contributed by atoms with Gasteiger partial charge in [0.05, 0.1) is 13.2 Å². The second kappa shape index (κ2) is 8.43. The summed E-state index contributed by atoms with van der Waals surface area (Å²) in [5, 5.41) is 0. The molecule has 1 aromatic rings. The normalized spacial score (nSPS) is 10.2. The van der Waals surface area contributed by atoms with E-state index in [9.17, 15) is 4.79 Å². The van der Waals surface area contributed by atoms with Gasteiger partial charge in [-0.2, -0.15) is 0 Å². The van der Waals surface area contributed by atoms with E-state index >= 15 is 0 Å². The van der Waals surface area contributed by atoms with Gasteiger partial charge in [-0.05, 0) is 19.4 Å². The van der Waals surface area contributed by atoms with Crippen molar-refractivity contribution in [3.8, 4) is 11.5 Å². The highest BCUT2D eigenvalue weighted by atomic mass is 16.5. The minimum Gasteiger partial charge on any atom is -0.490 e. The van der Waals surface area contributed by atoms with Crippen LogP contribution in [-0.2, 0) is 11.3 Å². The van der Waals surface area contributed by atoms with Gasteiger partial charge < -0.3 is 20.1 Å². The average Bonchev–Trinajstić information content (AvgIpc) is 2.44. The van der Waals surface area contributed by atoms with Crippen molar-refractivity contribution >= 4 is 5.91 Å². The molecule has 2 N–H and O–H groups in total. The van der Waals surface area contributed by atoms with Gasteiger partial charge >= 0.3 is 0 Å². The first-order valence-corrected chi connectivity index (χ1v) is 6.87. The maximum atomic E-state index is 11.5. The molecular weight excluding hydrogens is 256 g/mol. The third-order valence-corrected chi connectivity index (χ3v) is 2.86. The van der Waals surface area contributed by atoms with E-state index < -0.39 is 0 Å². The van der Waals surface area contributed by atoms with E-state index in [1.165, 1.54) is 0 Å². The van der Waals surface area contributed by atoms with Crippen LogP contribution >= 0.6 is 0 Å². The smallest absolute Gasteiger partial charge is 0.222 e. The summed E-state index contributed by atoms with van der Waals surface area (Å²) < 4.78 is 11.3. The lowest BCUT2D eigenvalue weighted by Crippen LogP contribution is -2.21. The van der Waals surface area contributed by atoms with Crippen molar-refractivity contribution in [3.05, 3.63) is 23.8 Å². The minimum atomic E-state index is 0.103. The standard InChI is InChI=1S/C15H24N2O3/c1-4-19-13-8-5-7-12(11-16)15(13)20-10-6-9-14(18)17(2)3/h5,7-8H,4,6,9-11,16H2,1-3H3. The number of carbonyl (C=O) groups is 1. The molecule has 0 saturated heterocycles. The van der Waals surface area contributed by atoms with E-state index in [0.29, 0.717) is 44.1 Å². The van der Waals surface area contributed by atoms with Crippen LogP contribution in [-0.4, -0.2) is 38.1 Å². The molecule has 0 unspecified atom stereocenters.